The van der Waals surface area contributed by atoms with Crippen LogP contribution in [0.4, 0.5) is 4.79 Å². The van der Waals surface area contributed by atoms with Crippen LogP contribution in [0.2, 0.25) is 0 Å². The predicted octanol–water partition coefficient (Wildman–Crippen LogP) is 1.35. The van der Waals surface area contributed by atoms with Gasteiger partial charge >= 0.3 is 6.09 Å². The highest BCUT2D eigenvalue weighted by Crippen LogP contribution is 2.30. The van der Waals surface area contributed by atoms with E-state index in [1.54, 1.807) is 11.2 Å². The first-order valence-electron chi connectivity index (χ1n) is 5.98. The van der Waals surface area contributed by atoms with Gasteiger partial charge in [-0.25, -0.2) is 4.79 Å². The lowest BCUT2D eigenvalue weighted by atomic mass is 9.94. The summed E-state index contributed by atoms with van der Waals surface area (Å²) in [7, 11) is 0. The summed E-state index contributed by atoms with van der Waals surface area (Å²) in [5, 5.41) is 3.29. The smallest absolute Gasteiger partial charge is 0.410 e. The number of hydrogen-bond acceptors (Lipinski definition) is 4. The number of ether oxygens (including phenoxy) is 1. The topological polar surface area (TPSA) is 54.7 Å². The Balaban J connectivity index is 1.69. The van der Waals surface area contributed by atoms with Gasteiger partial charge in [0.2, 0.25) is 0 Å². The molecule has 0 aliphatic carbocycles. The number of carbonyl (C=O) groups excluding carboxylic acids is 1. The van der Waals surface area contributed by atoms with Crippen molar-refractivity contribution < 1.29 is 13.9 Å². The molecule has 1 atom stereocenters. The molecular formula is C12H16N2O3. The van der Waals surface area contributed by atoms with Crippen molar-refractivity contribution in [2.75, 3.05) is 19.6 Å². The van der Waals surface area contributed by atoms with Crippen LogP contribution in [0.3, 0.4) is 0 Å². The normalized spacial score (nSPS) is 28.7. The second kappa shape index (κ2) is 4.07. The highest BCUT2D eigenvalue weighted by atomic mass is 16.6. The van der Waals surface area contributed by atoms with E-state index in [4.69, 9.17) is 9.15 Å². The molecule has 3 heterocycles. The van der Waals surface area contributed by atoms with Crippen LogP contribution in [-0.4, -0.2) is 36.2 Å². The van der Waals surface area contributed by atoms with Crippen molar-refractivity contribution in [2.45, 2.75) is 25.0 Å². The van der Waals surface area contributed by atoms with E-state index in [-0.39, 0.29) is 11.7 Å². The molecule has 3 rings (SSSR count). The Morgan fingerprint density at radius 1 is 1.53 bits per heavy atom. The van der Waals surface area contributed by atoms with Crippen molar-refractivity contribution in [3.8, 4) is 0 Å². The Morgan fingerprint density at radius 3 is 3.18 bits per heavy atom. The maximum Gasteiger partial charge on any atom is 0.410 e. The molecule has 1 spiro atoms. The van der Waals surface area contributed by atoms with Crippen molar-refractivity contribution in [1.82, 2.24) is 10.2 Å². The van der Waals surface area contributed by atoms with E-state index in [0.717, 1.165) is 31.7 Å². The third-order valence-corrected chi connectivity index (χ3v) is 3.40. The van der Waals surface area contributed by atoms with Gasteiger partial charge in [-0.05, 0) is 31.5 Å². The van der Waals surface area contributed by atoms with Crippen LogP contribution in [-0.2, 0) is 11.3 Å². The summed E-state index contributed by atoms with van der Waals surface area (Å²) in [6.07, 6.45) is 3.39. The van der Waals surface area contributed by atoms with Crippen molar-refractivity contribution in [1.29, 1.82) is 0 Å². The molecule has 1 amide bonds. The lowest BCUT2D eigenvalue weighted by Gasteiger charge is -2.31. The van der Waals surface area contributed by atoms with Gasteiger partial charge in [-0.15, -0.1) is 0 Å². The first-order valence-corrected chi connectivity index (χ1v) is 5.98. The molecule has 2 fully saturated rings. The summed E-state index contributed by atoms with van der Waals surface area (Å²) >= 11 is 0. The Hall–Kier alpha value is -1.49. The standard InChI is InChI=1S/C12H16N2O3/c15-11-14(7-10-3-1-6-16-10)9-12(17-11)4-2-5-13-8-12/h1,3,6,13H,2,4-5,7-9H2. The van der Waals surface area contributed by atoms with Gasteiger partial charge in [0.05, 0.1) is 19.4 Å². The van der Waals surface area contributed by atoms with E-state index in [2.05, 4.69) is 5.32 Å². The van der Waals surface area contributed by atoms with Crippen LogP contribution in [0.1, 0.15) is 18.6 Å². The molecule has 0 bridgehead atoms. The molecule has 0 radical (unpaired) electrons. The van der Waals surface area contributed by atoms with Gasteiger partial charge in [-0.2, -0.15) is 0 Å². The Labute approximate surface area is 99.7 Å². The van der Waals surface area contributed by atoms with Crippen molar-refractivity contribution in [3.05, 3.63) is 24.2 Å². The molecule has 92 valence electrons. The van der Waals surface area contributed by atoms with Gasteiger partial charge in [-0.3, -0.25) is 4.90 Å². The van der Waals surface area contributed by atoms with Crippen molar-refractivity contribution in [3.63, 3.8) is 0 Å². The van der Waals surface area contributed by atoms with E-state index in [1.165, 1.54) is 0 Å². The molecule has 1 aromatic heterocycles. The predicted molar refractivity (Wildman–Crippen MR) is 60.4 cm³/mol. The molecule has 2 aliphatic rings. The molecule has 1 N–H and O–H groups in total. The third kappa shape index (κ3) is 2.02. The number of hydrogen-bond donors (Lipinski definition) is 1. The maximum absolute atomic E-state index is 11.8. The number of furan rings is 1. The minimum Gasteiger partial charge on any atom is -0.467 e. The Bertz CT molecular complexity index is 396. The Morgan fingerprint density at radius 2 is 2.47 bits per heavy atom. The van der Waals surface area contributed by atoms with E-state index >= 15 is 0 Å². The number of nitrogens with one attached hydrogen (secondary N) is 1. The fourth-order valence-corrected chi connectivity index (χ4v) is 2.57. The minimum atomic E-state index is -0.318. The van der Waals surface area contributed by atoms with Crippen LogP contribution in [0.25, 0.3) is 0 Å². The number of amides is 1. The van der Waals surface area contributed by atoms with Gasteiger partial charge in [0.1, 0.15) is 11.4 Å². The lowest BCUT2D eigenvalue weighted by molar-refractivity contribution is 0.0366. The van der Waals surface area contributed by atoms with Gasteiger partial charge in [0.15, 0.2) is 0 Å². The number of rotatable bonds is 2. The highest BCUT2D eigenvalue weighted by Gasteiger charge is 2.45. The molecule has 1 unspecified atom stereocenters. The molecular weight excluding hydrogens is 220 g/mol. The van der Waals surface area contributed by atoms with Crippen LogP contribution in [0.15, 0.2) is 22.8 Å². The van der Waals surface area contributed by atoms with E-state index in [9.17, 15) is 4.79 Å². The monoisotopic (exact) mass is 236 g/mol. The van der Waals surface area contributed by atoms with Crippen molar-refractivity contribution in [2.24, 2.45) is 0 Å². The fraction of sp³-hybridized carbons (Fsp3) is 0.583. The molecule has 1 aromatic rings. The summed E-state index contributed by atoms with van der Waals surface area (Å²) in [5.41, 5.74) is -0.318. The van der Waals surface area contributed by atoms with Crippen LogP contribution < -0.4 is 5.32 Å². The second-order valence-corrected chi connectivity index (χ2v) is 4.77. The zero-order chi connectivity index (χ0) is 11.7. The van der Waals surface area contributed by atoms with Crippen LogP contribution in [0.5, 0.6) is 0 Å². The van der Waals surface area contributed by atoms with E-state index < -0.39 is 0 Å². The number of nitrogens with zero attached hydrogens (tertiary/aromatic N) is 1. The van der Waals surface area contributed by atoms with Crippen LogP contribution in [0, 0.1) is 0 Å². The zero-order valence-corrected chi connectivity index (χ0v) is 9.65. The minimum absolute atomic E-state index is 0.231. The van der Waals surface area contributed by atoms with Crippen molar-refractivity contribution >= 4 is 6.09 Å². The van der Waals surface area contributed by atoms with Gasteiger partial charge in [-0.1, -0.05) is 0 Å². The van der Waals surface area contributed by atoms with E-state index in [1.807, 2.05) is 12.1 Å². The fourth-order valence-electron chi connectivity index (χ4n) is 2.57. The largest absolute Gasteiger partial charge is 0.467 e. The SMILES string of the molecule is O=C1OC2(CCCNC2)CN1Cc1ccco1. The summed E-state index contributed by atoms with van der Waals surface area (Å²) in [4.78, 5) is 13.5. The molecule has 2 aliphatic heterocycles. The van der Waals surface area contributed by atoms with E-state index in [0.29, 0.717) is 13.1 Å². The average molecular weight is 236 g/mol. The third-order valence-electron chi connectivity index (χ3n) is 3.40. The summed E-state index contributed by atoms with van der Waals surface area (Å²) < 4.78 is 10.8. The average Bonchev–Trinajstić information content (AvgIpc) is 2.91. The first-order chi connectivity index (χ1) is 8.27. The molecule has 2 saturated heterocycles. The zero-order valence-electron chi connectivity index (χ0n) is 9.65. The molecule has 0 aromatic carbocycles. The molecule has 0 saturated carbocycles. The quantitative estimate of drug-likeness (QED) is 0.842. The Kier molecular flexibility index (Phi) is 2.55. The molecule has 5 nitrogen and oxygen atoms in total. The summed E-state index contributed by atoms with van der Waals surface area (Å²) in [6.45, 7) is 2.91. The maximum atomic E-state index is 11.8. The van der Waals surface area contributed by atoms with Gasteiger partial charge < -0.3 is 14.5 Å². The second-order valence-electron chi connectivity index (χ2n) is 4.77. The lowest BCUT2D eigenvalue weighted by Crippen LogP contribution is -2.48. The molecule has 5 heteroatoms. The summed E-state index contributed by atoms with van der Waals surface area (Å²) in [6, 6.07) is 3.70. The summed E-state index contributed by atoms with van der Waals surface area (Å²) in [5.74, 6) is 0.794. The van der Waals surface area contributed by atoms with Gasteiger partial charge in [0, 0.05) is 6.54 Å². The number of piperidine rings is 1. The molecule has 17 heavy (non-hydrogen) atoms. The van der Waals surface area contributed by atoms with Gasteiger partial charge in [0.25, 0.3) is 0 Å². The first kappa shape index (κ1) is 10.7. The van der Waals surface area contributed by atoms with Crippen LogP contribution >= 0.6 is 0 Å². The number of carbonyl (C=O) groups is 1. The highest BCUT2D eigenvalue weighted by molar-refractivity contribution is 5.70.